The highest BCUT2D eigenvalue weighted by Crippen LogP contribution is 2.23. The molecule has 25 heavy (non-hydrogen) atoms. The predicted molar refractivity (Wildman–Crippen MR) is 97.6 cm³/mol. The van der Waals surface area contributed by atoms with Crippen LogP contribution in [0, 0.1) is 0 Å². The fraction of sp³-hybridized carbons (Fsp3) is 0.474. The second-order valence-electron chi connectivity index (χ2n) is 6.47. The van der Waals surface area contributed by atoms with Gasteiger partial charge in [0.1, 0.15) is 5.75 Å². The molecule has 1 N–H and O–H groups in total. The number of hydrogen-bond acceptors (Lipinski definition) is 4. The van der Waals surface area contributed by atoms with Gasteiger partial charge in [-0.15, -0.1) is 0 Å². The van der Waals surface area contributed by atoms with Crippen molar-refractivity contribution in [1.29, 1.82) is 0 Å². The minimum absolute atomic E-state index is 0.0598. The Hall–Kier alpha value is -2.34. The number of aromatic nitrogens is 2. The van der Waals surface area contributed by atoms with Crippen LogP contribution in [-0.4, -0.2) is 40.3 Å². The minimum atomic E-state index is -0.0907. The van der Waals surface area contributed by atoms with E-state index in [0.717, 1.165) is 49.5 Å². The molecule has 1 aromatic heterocycles. The summed E-state index contributed by atoms with van der Waals surface area (Å²) in [5.74, 6) is 0.841. The van der Waals surface area contributed by atoms with Gasteiger partial charge in [-0.05, 0) is 50.1 Å². The van der Waals surface area contributed by atoms with E-state index in [1.807, 2.05) is 36.0 Å². The van der Waals surface area contributed by atoms with Crippen molar-refractivity contribution in [2.24, 2.45) is 7.05 Å². The van der Waals surface area contributed by atoms with E-state index < -0.39 is 0 Å². The Labute approximate surface area is 148 Å². The molecule has 2 aromatic rings. The summed E-state index contributed by atoms with van der Waals surface area (Å²) in [5.41, 5.74) is 3.13. The molecular formula is C19H26N4O2. The number of rotatable bonds is 6. The van der Waals surface area contributed by atoms with Crippen molar-refractivity contribution in [3.05, 3.63) is 41.7 Å². The number of likely N-dealkylation sites (tertiary alicyclic amines) is 1. The number of benzene rings is 1. The Kier molecular flexibility index (Phi) is 5.38. The first-order chi connectivity index (χ1) is 12.1. The van der Waals surface area contributed by atoms with Gasteiger partial charge in [0, 0.05) is 31.0 Å². The first-order valence-corrected chi connectivity index (χ1v) is 8.81. The summed E-state index contributed by atoms with van der Waals surface area (Å²) < 4.78 is 7.01. The number of nitrogens with zero attached hydrogens (tertiary/aromatic N) is 3. The van der Waals surface area contributed by atoms with Gasteiger partial charge in [-0.25, -0.2) is 0 Å². The summed E-state index contributed by atoms with van der Waals surface area (Å²) in [7, 11) is 3.58. The Morgan fingerprint density at radius 2 is 2.12 bits per heavy atom. The monoisotopic (exact) mass is 342 g/mol. The normalized spacial score (nSPS) is 17.6. The van der Waals surface area contributed by atoms with Crippen molar-refractivity contribution >= 4 is 11.6 Å². The maximum atomic E-state index is 12.7. The summed E-state index contributed by atoms with van der Waals surface area (Å²) >= 11 is 0. The second kappa shape index (κ2) is 7.70. The maximum absolute atomic E-state index is 12.7. The number of ether oxygens (including phenoxy) is 1. The Balaban J connectivity index is 1.66. The summed E-state index contributed by atoms with van der Waals surface area (Å²) in [6.45, 7) is 3.83. The molecule has 3 rings (SSSR count). The topological polar surface area (TPSA) is 59.4 Å². The van der Waals surface area contributed by atoms with Gasteiger partial charge in [0.05, 0.1) is 18.8 Å². The van der Waals surface area contributed by atoms with Gasteiger partial charge in [0.15, 0.2) is 0 Å². The van der Waals surface area contributed by atoms with Gasteiger partial charge in [-0.3, -0.25) is 14.4 Å². The van der Waals surface area contributed by atoms with Crippen molar-refractivity contribution in [2.45, 2.75) is 38.8 Å². The molecule has 0 saturated carbocycles. The van der Waals surface area contributed by atoms with E-state index in [4.69, 9.17) is 4.74 Å². The van der Waals surface area contributed by atoms with Gasteiger partial charge in [0.2, 0.25) is 5.91 Å². The van der Waals surface area contributed by atoms with Crippen LogP contribution in [0.15, 0.2) is 30.5 Å². The zero-order chi connectivity index (χ0) is 17.8. The molecule has 1 unspecified atom stereocenters. The minimum Gasteiger partial charge on any atom is -0.497 e. The average Bonchev–Trinajstić information content (AvgIpc) is 3.22. The molecule has 1 aromatic carbocycles. The largest absolute Gasteiger partial charge is 0.497 e. The van der Waals surface area contributed by atoms with Crippen LogP contribution in [0.4, 0.5) is 5.69 Å². The molecule has 2 heterocycles. The van der Waals surface area contributed by atoms with Crippen LogP contribution in [-0.2, 0) is 24.8 Å². The predicted octanol–water partition coefficient (Wildman–Crippen LogP) is 2.59. The highest BCUT2D eigenvalue weighted by Gasteiger charge is 2.31. The van der Waals surface area contributed by atoms with Crippen molar-refractivity contribution in [3.8, 4) is 5.75 Å². The van der Waals surface area contributed by atoms with E-state index in [1.165, 1.54) is 5.56 Å². The fourth-order valence-electron chi connectivity index (χ4n) is 3.44. The number of carbonyl (C=O) groups excluding carboxylic acids is 1. The third-order valence-electron chi connectivity index (χ3n) is 4.72. The van der Waals surface area contributed by atoms with Gasteiger partial charge in [0.25, 0.3) is 0 Å². The highest BCUT2D eigenvalue weighted by atomic mass is 16.5. The lowest BCUT2D eigenvalue weighted by molar-refractivity contribution is -0.120. The van der Waals surface area contributed by atoms with Crippen molar-refractivity contribution in [3.63, 3.8) is 0 Å². The van der Waals surface area contributed by atoms with Crippen LogP contribution < -0.4 is 10.1 Å². The lowest BCUT2D eigenvalue weighted by Gasteiger charge is -2.23. The van der Waals surface area contributed by atoms with Crippen LogP contribution in [0.1, 0.15) is 31.0 Å². The van der Waals surface area contributed by atoms with Gasteiger partial charge in [-0.2, -0.15) is 5.10 Å². The van der Waals surface area contributed by atoms with Crippen molar-refractivity contribution in [2.75, 3.05) is 19.0 Å². The molecule has 1 atom stereocenters. The molecule has 0 spiro atoms. The van der Waals surface area contributed by atoms with E-state index in [1.54, 1.807) is 7.11 Å². The van der Waals surface area contributed by atoms with E-state index in [2.05, 4.69) is 28.4 Å². The van der Waals surface area contributed by atoms with E-state index >= 15 is 0 Å². The Bertz CT molecular complexity index is 724. The maximum Gasteiger partial charge on any atom is 0.241 e. The first kappa shape index (κ1) is 17.5. The van der Waals surface area contributed by atoms with E-state index in [0.29, 0.717) is 0 Å². The average molecular weight is 342 g/mol. The molecule has 6 nitrogen and oxygen atoms in total. The zero-order valence-electron chi connectivity index (χ0n) is 15.2. The summed E-state index contributed by atoms with van der Waals surface area (Å²) in [4.78, 5) is 15.0. The summed E-state index contributed by atoms with van der Waals surface area (Å²) in [6.07, 6.45) is 4.91. The van der Waals surface area contributed by atoms with Crippen LogP contribution in [0.3, 0.4) is 0 Å². The number of anilines is 1. The van der Waals surface area contributed by atoms with E-state index in [-0.39, 0.29) is 11.9 Å². The van der Waals surface area contributed by atoms with Gasteiger partial charge in [-0.1, -0.05) is 6.92 Å². The molecule has 6 heteroatoms. The summed E-state index contributed by atoms with van der Waals surface area (Å²) in [5, 5.41) is 7.53. The van der Waals surface area contributed by atoms with Crippen LogP contribution in [0.2, 0.25) is 0 Å². The number of methoxy groups -OCH3 is 1. The lowest BCUT2D eigenvalue weighted by Crippen LogP contribution is -2.39. The molecule has 1 aliphatic heterocycles. The number of nitrogens with one attached hydrogen (secondary N) is 1. The van der Waals surface area contributed by atoms with Crippen LogP contribution in [0.25, 0.3) is 0 Å². The fourth-order valence-corrected chi connectivity index (χ4v) is 3.44. The standard InChI is InChI=1S/C19H26N4O2/c1-4-17-14(12-22(2)21-17)13-23-11-5-6-18(23)19(24)20-15-7-9-16(25-3)10-8-15/h7-10,12,18H,4-6,11,13H2,1-3H3,(H,20,24). The van der Waals surface area contributed by atoms with Gasteiger partial charge >= 0.3 is 0 Å². The third kappa shape index (κ3) is 4.02. The number of amides is 1. The third-order valence-corrected chi connectivity index (χ3v) is 4.72. The molecule has 0 bridgehead atoms. The smallest absolute Gasteiger partial charge is 0.241 e. The Morgan fingerprint density at radius 1 is 1.36 bits per heavy atom. The highest BCUT2D eigenvalue weighted by molar-refractivity contribution is 5.95. The van der Waals surface area contributed by atoms with Crippen LogP contribution >= 0.6 is 0 Å². The number of aryl methyl sites for hydroxylation is 2. The van der Waals surface area contributed by atoms with Crippen molar-refractivity contribution in [1.82, 2.24) is 14.7 Å². The van der Waals surface area contributed by atoms with Crippen LogP contribution in [0.5, 0.6) is 5.75 Å². The molecule has 0 aliphatic carbocycles. The van der Waals surface area contributed by atoms with E-state index in [9.17, 15) is 4.79 Å². The molecule has 1 aliphatic rings. The SMILES string of the molecule is CCc1nn(C)cc1CN1CCCC1C(=O)Nc1ccc(OC)cc1. The lowest BCUT2D eigenvalue weighted by atomic mass is 10.1. The quantitative estimate of drug-likeness (QED) is 0.877. The summed E-state index contributed by atoms with van der Waals surface area (Å²) in [6, 6.07) is 7.35. The van der Waals surface area contributed by atoms with Gasteiger partial charge < -0.3 is 10.1 Å². The number of carbonyl (C=O) groups is 1. The van der Waals surface area contributed by atoms with Crippen molar-refractivity contribution < 1.29 is 9.53 Å². The molecule has 1 fully saturated rings. The molecule has 134 valence electrons. The zero-order valence-corrected chi connectivity index (χ0v) is 15.2. The molecule has 1 saturated heterocycles. The molecule has 1 amide bonds. The first-order valence-electron chi connectivity index (χ1n) is 8.81. The number of hydrogen-bond donors (Lipinski definition) is 1. The second-order valence-corrected chi connectivity index (χ2v) is 6.47. The molecule has 0 radical (unpaired) electrons. The Morgan fingerprint density at radius 3 is 2.80 bits per heavy atom. The molecular weight excluding hydrogens is 316 g/mol.